The maximum absolute atomic E-state index is 12.5. The predicted molar refractivity (Wildman–Crippen MR) is 178 cm³/mol. The van der Waals surface area contributed by atoms with Crippen molar-refractivity contribution in [1.82, 2.24) is 4.98 Å². The zero-order chi connectivity index (χ0) is 31.3. The van der Waals surface area contributed by atoms with Crippen LogP contribution >= 0.6 is 0 Å². The van der Waals surface area contributed by atoms with E-state index in [2.05, 4.69) is 46.5 Å². The molecule has 3 aromatic rings. The molecule has 6 nitrogen and oxygen atoms in total. The lowest BCUT2D eigenvalue weighted by Gasteiger charge is -2.35. The number of benzene rings is 1. The number of aromatic nitrogens is 1. The molecule has 0 aliphatic carbocycles. The largest absolute Gasteiger partial charge is 0.481 e. The summed E-state index contributed by atoms with van der Waals surface area (Å²) in [7, 11) is 0. The van der Waals surface area contributed by atoms with Gasteiger partial charge in [0.25, 0.3) is 0 Å². The second-order valence-corrected chi connectivity index (χ2v) is 13.8. The van der Waals surface area contributed by atoms with Crippen LogP contribution in [0.15, 0.2) is 57.9 Å². The van der Waals surface area contributed by atoms with Gasteiger partial charge in [-0.3, -0.25) is 5.41 Å². The summed E-state index contributed by atoms with van der Waals surface area (Å²) in [5, 5.41) is 9.22. The van der Waals surface area contributed by atoms with Gasteiger partial charge < -0.3 is 13.9 Å². The molecule has 236 valence electrons. The van der Waals surface area contributed by atoms with Crippen LogP contribution in [0.25, 0.3) is 22.1 Å². The van der Waals surface area contributed by atoms with Gasteiger partial charge in [0.2, 0.25) is 5.88 Å². The number of unbranched alkanes of at least 4 members (excludes halogenated alkanes) is 9. The highest BCUT2D eigenvalue weighted by molar-refractivity contribution is 5.81. The molecule has 3 rings (SSSR count). The van der Waals surface area contributed by atoms with Crippen LogP contribution in [-0.2, 0) is 4.74 Å². The van der Waals surface area contributed by atoms with Gasteiger partial charge in [0.05, 0.1) is 18.8 Å². The topological polar surface area (TPSA) is 85.4 Å². The smallest absolute Gasteiger partial charge is 0.344 e. The number of nitrogens with one attached hydrogen (secondary N) is 1. The second-order valence-electron chi connectivity index (χ2n) is 13.8. The Labute approximate surface area is 259 Å². The molecule has 0 fully saturated rings. The molecule has 2 aromatic heterocycles. The number of fused-ring (bicyclic) bond motifs is 1. The molecule has 0 aliphatic heterocycles. The van der Waals surface area contributed by atoms with Crippen molar-refractivity contribution in [2.45, 2.75) is 112 Å². The molecular weight excluding hydrogens is 536 g/mol. The number of rotatable bonds is 18. The van der Waals surface area contributed by atoms with E-state index >= 15 is 0 Å². The molecule has 2 heterocycles. The molecule has 1 N–H and O–H groups in total. The third kappa shape index (κ3) is 11.5. The van der Waals surface area contributed by atoms with E-state index in [-0.39, 0.29) is 16.5 Å². The first kappa shape index (κ1) is 34.3. The highest BCUT2D eigenvalue weighted by atomic mass is 16.5. The van der Waals surface area contributed by atoms with Crippen LogP contribution in [0.3, 0.4) is 0 Å². The Morgan fingerprint density at radius 2 is 1.44 bits per heavy atom. The first-order valence-electron chi connectivity index (χ1n) is 16.3. The van der Waals surface area contributed by atoms with Gasteiger partial charge >= 0.3 is 5.63 Å². The van der Waals surface area contributed by atoms with Gasteiger partial charge in [0.1, 0.15) is 5.58 Å². The van der Waals surface area contributed by atoms with Gasteiger partial charge in [-0.25, -0.2) is 9.78 Å². The maximum atomic E-state index is 12.5. The summed E-state index contributed by atoms with van der Waals surface area (Å²) < 4.78 is 17.2. The zero-order valence-corrected chi connectivity index (χ0v) is 27.5. The van der Waals surface area contributed by atoms with E-state index in [0.29, 0.717) is 42.1 Å². The first-order chi connectivity index (χ1) is 20.5. The van der Waals surface area contributed by atoms with Crippen molar-refractivity contribution in [3.63, 3.8) is 0 Å². The quantitative estimate of drug-likeness (QED) is 0.0905. The van der Waals surface area contributed by atoms with E-state index < -0.39 is 0 Å². The van der Waals surface area contributed by atoms with Gasteiger partial charge in [-0.05, 0) is 42.2 Å². The monoisotopic (exact) mass is 590 g/mol. The minimum atomic E-state index is -0.359. The summed E-state index contributed by atoms with van der Waals surface area (Å²) in [6.07, 6.45) is 14.6. The van der Waals surface area contributed by atoms with Crippen molar-refractivity contribution >= 4 is 16.9 Å². The van der Waals surface area contributed by atoms with E-state index in [4.69, 9.17) is 19.3 Å². The third-order valence-corrected chi connectivity index (χ3v) is 8.45. The molecular formula is C37H54N2O4. The number of nitrogens with zero attached hydrogens (tertiary/aromatic N) is 1. The number of pyridine rings is 1. The summed E-state index contributed by atoms with van der Waals surface area (Å²) in [6.45, 7) is 14.6. The van der Waals surface area contributed by atoms with E-state index in [9.17, 15) is 4.79 Å². The van der Waals surface area contributed by atoms with Gasteiger partial charge in [0, 0.05) is 23.1 Å². The van der Waals surface area contributed by atoms with Crippen LogP contribution in [0.2, 0.25) is 0 Å². The average molecular weight is 591 g/mol. The minimum Gasteiger partial charge on any atom is -0.481 e. The van der Waals surface area contributed by atoms with Crippen LogP contribution in [0, 0.1) is 22.2 Å². The molecule has 6 heteroatoms. The molecule has 43 heavy (non-hydrogen) atoms. The minimum absolute atomic E-state index is 0.223. The lowest BCUT2D eigenvalue weighted by molar-refractivity contribution is 0.172. The molecule has 0 bridgehead atoms. The fourth-order valence-corrected chi connectivity index (χ4v) is 5.45. The van der Waals surface area contributed by atoms with Crippen molar-refractivity contribution in [3.8, 4) is 17.0 Å². The molecule has 0 spiro atoms. The Balaban J connectivity index is 1.20. The van der Waals surface area contributed by atoms with Crippen LogP contribution in [0.1, 0.15) is 112 Å². The SMILES string of the molecule is CC(CC(C)(C)C)C(C)(C)C(=N)OCCCCCCCCCCCCOc1cc2oc(=O)c(-c3ccccc3)cc2cn1. The van der Waals surface area contributed by atoms with E-state index in [1.165, 1.54) is 44.9 Å². The summed E-state index contributed by atoms with van der Waals surface area (Å²) in [5.74, 6) is 1.34. The summed E-state index contributed by atoms with van der Waals surface area (Å²) >= 11 is 0. The van der Waals surface area contributed by atoms with Crippen LogP contribution in [0.5, 0.6) is 5.88 Å². The molecule has 0 amide bonds. The van der Waals surface area contributed by atoms with Crippen molar-refractivity contribution in [3.05, 3.63) is 59.1 Å². The average Bonchev–Trinajstić information content (AvgIpc) is 2.96. The molecule has 1 aromatic carbocycles. The number of hydrogen-bond acceptors (Lipinski definition) is 6. The number of hydrogen-bond donors (Lipinski definition) is 1. The maximum Gasteiger partial charge on any atom is 0.344 e. The van der Waals surface area contributed by atoms with Gasteiger partial charge in [0.15, 0.2) is 5.90 Å². The summed E-state index contributed by atoms with van der Waals surface area (Å²) in [5.41, 5.74) is 1.54. The second kappa shape index (κ2) is 16.6. The Hall–Kier alpha value is -3.15. The Morgan fingerprint density at radius 1 is 0.860 bits per heavy atom. The molecule has 0 saturated carbocycles. The van der Waals surface area contributed by atoms with Crippen molar-refractivity contribution < 1.29 is 13.9 Å². The number of ether oxygens (including phenoxy) is 2. The summed E-state index contributed by atoms with van der Waals surface area (Å²) in [4.78, 5) is 16.9. The molecule has 0 radical (unpaired) electrons. The molecule has 1 atom stereocenters. The molecule has 1 unspecified atom stereocenters. The van der Waals surface area contributed by atoms with Crippen LogP contribution < -0.4 is 10.4 Å². The first-order valence-corrected chi connectivity index (χ1v) is 16.3. The molecule has 0 aliphatic rings. The highest BCUT2D eigenvalue weighted by Gasteiger charge is 2.34. The predicted octanol–water partition coefficient (Wildman–Crippen LogP) is 10.2. The lowest BCUT2D eigenvalue weighted by atomic mass is 9.72. The standard InChI is InChI=1S/C37H54N2O4/c1-28(26-36(2,3)4)37(5,6)35(38)42-23-19-14-12-10-8-7-9-11-13-18-22-41-33-25-32-30(27-39-33)24-31(34(40)43-32)29-20-16-15-17-21-29/h15-17,20-21,24-25,27-28,38H,7-14,18-19,22-23,26H2,1-6H3. The van der Waals surface area contributed by atoms with E-state index in [1.54, 1.807) is 12.3 Å². The van der Waals surface area contributed by atoms with Gasteiger partial charge in [-0.2, -0.15) is 0 Å². The van der Waals surface area contributed by atoms with E-state index in [1.807, 2.05) is 36.4 Å². The van der Waals surface area contributed by atoms with Gasteiger partial charge in [-0.15, -0.1) is 0 Å². The van der Waals surface area contributed by atoms with Crippen molar-refractivity contribution in [1.29, 1.82) is 5.41 Å². The lowest BCUT2D eigenvalue weighted by Crippen LogP contribution is -2.35. The molecule has 0 saturated heterocycles. The third-order valence-electron chi connectivity index (χ3n) is 8.45. The van der Waals surface area contributed by atoms with Crippen molar-refractivity contribution in [2.24, 2.45) is 16.7 Å². The van der Waals surface area contributed by atoms with Crippen LogP contribution in [0.4, 0.5) is 0 Å². The fourth-order valence-electron chi connectivity index (χ4n) is 5.45. The normalized spacial score (nSPS) is 12.8. The van der Waals surface area contributed by atoms with Crippen LogP contribution in [-0.4, -0.2) is 24.1 Å². The fraction of sp³-hybridized carbons (Fsp3) is 0.595. The Bertz CT molecular complexity index is 1320. The Morgan fingerprint density at radius 3 is 2.05 bits per heavy atom. The highest BCUT2D eigenvalue weighted by Crippen LogP contribution is 2.37. The van der Waals surface area contributed by atoms with E-state index in [0.717, 1.165) is 36.6 Å². The summed E-state index contributed by atoms with van der Waals surface area (Å²) in [6, 6.07) is 13.0. The van der Waals surface area contributed by atoms with Crippen molar-refractivity contribution in [2.75, 3.05) is 13.2 Å². The van der Waals surface area contributed by atoms with Gasteiger partial charge in [-0.1, -0.05) is 123 Å². The zero-order valence-electron chi connectivity index (χ0n) is 27.5. The Kier molecular flexibility index (Phi) is 13.3.